The van der Waals surface area contributed by atoms with Crippen molar-refractivity contribution in [1.29, 1.82) is 0 Å². The lowest BCUT2D eigenvalue weighted by atomic mass is 9.96. The van der Waals surface area contributed by atoms with Gasteiger partial charge >= 0.3 is 12.1 Å². The van der Waals surface area contributed by atoms with Gasteiger partial charge in [0, 0.05) is 34.3 Å². The lowest BCUT2D eigenvalue weighted by molar-refractivity contribution is -0.140. The maximum absolute atomic E-state index is 12.5. The monoisotopic (exact) mass is 471 g/mol. The van der Waals surface area contributed by atoms with Crippen molar-refractivity contribution in [1.82, 2.24) is 4.90 Å². The van der Waals surface area contributed by atoms with Crippen LogP contribution in [0.2, 0.25) is 5.02 Å². The Labute approximate surface area is 187 Å². The quantitative estimate of drug-likeness (QED) is 0.301. The van der Waals surface area contributed by atoms with E-state index in [1.54, 1.807) is 53.4 Å². The van der Waals surface area contributed by atoms with Crippen LogP contribution < -0.4 is 4.74 Å². The number of halogens is 4. The van der Waals surface area contributed by atoms with E-state index >= 15 is 0 Å². The molecule has 0 bridgehead atoms. The topological polar surface area (TPSA) is 46.6 Å². The van der Waals surface area contributed by atoms with Gasteiger partial charge in [-0.3, -0.25) is 9.59 Å². The van der Waals surface area contributed by atoms with Crippen molar-refractivity contribution in [2.45, 2.75) is 30.3 Å². The molecular weight excluding hydrogens is 451 g/mol. The summed E-state index contributed by atoms with van der Waals surface area (Å²) in [5, 5.41) is 0.561. The van der Waals surface area contributed by atoms with Crippen LogP contribution >= 0.6 is 23.4 Å². The highest BCUT2D eigenvalue weighted by Crippen LogP contribution is 2.28. The van der Waals surface area contributed by atoms with E-state index in [1.165, 1.54) is 0 Å². The van der Waals surface area contributed by atoms with Gasteiger partial charge < -0.3 is 9.64 Å². The molecule has 2 aromatic rings. The number of thioether (sulfide) groups is 1. The number of esters is 1. The Morgan fingerprint density at radius 1 is 1.03 bits per heavy atom. The van der Waals surface area contributed by atoms with E-state index in [0.717, 1.165) is 11.8 Å². The summed E-state index contributed by atoms with van der Waals surface area (Å²) in [4.78, 5) is 27.4. The minimum absolute atomic E-state index is 0.0596. The first-order valence-corrected chi connectivity index (χ1v) is 11.1. The fourth-order valence-corrected chi connectivity index (χ4v) is 4.21. The summed E-state index contributed by atoms with van der Waals surface area (Å²) in [5.74, 6) is -0.478. The average Bonchev–Trinajstić information content (AvgIpc) is 2.74. The van der Waals surface area contributed by atoms with E-state index in [1.807, 2.05) is 0 Å². The number of rotatable bonds is 6. The van der Waals surface area contributed by atoms with Crippen LogP contribution in [0.25, 0.3) is 0 Å². The molecule has 1 heterocycles. The van der Waals surface area contributed by atoms with Gasteiger partial charge in [0.1, 0.15) is 5.75 Å². The molecule has 0 atom stereocenters. The second-order valence-corrected chi connectivity index (χ2v) is 8.78. The highest BCUT2D eigenvalue weighted by molar-refractivity contribution is 7.99. The fourth-order valence-electron chi connectivity index (χ4n) is 3.18. The third-order valence-corrected chi connectivity index (χ3v) is 6.17. The molecule has 0 aromatic heterocycles. The molecule has 1 amide bonds. The Balaban J connectivity index is 1.45. The van der Waals surface area contributed by atoms with Gasteiger partial charge in [-0.05, 0) is 61.4 Å². The van der Waals surface area contributed by atoms with E-state index < -0.39 is 12.6 Å². The van der Waals surface area contributed by atoms with Gasteiger partial charge in [0.05, 0.1) is 12.3 Å². The molecule has 0 unspecified atom stereocenters. The molecule has 1 fully saturated rings. The number of carbonyl (C=O) groups is 2. The molecule has 3 rings (SSSR count). The molecule has 9 heteroatoms. The molecule has 2 aromatic carbocycles. The van der Waals surface area contributed by atoms with Crippen LogP contribution in [0, 0.1) is 5.92 Å². The summed E-state index contributed by atoms with van der Waals surface area (Å²) in [5.41, 5.74) is 0.554. The lowest BCUT2D eigenvalue weighted by Gasteiger charge is -2.31. The van der Waals surface area contributed by atoms with Gasteiger partial charge in [-0.25, -0.2) is 0 Å². The number of nitrogens with zero attached hydrogens (tertiary/aromatic N) is 1. The second kappa shape index (κ2) is 10.4. The molecular formula is C22H21ClF3NO3S. The van der Waals surface area contributed by atoms with Crippen LogP contribution in [0.5, 0.6) is 5.75 Å². The fraction of sp³-hybridized carbons (Fsp3) is 0.364. The number of hydrogen-bond donors (Lipinski definition) is 0. The summed E-state index contributed by atoms with van der Waals surface area (Å²) in [6.07, 6.45) is -4.02. The number of carbonyl (C=O) groups excluding carboxylic acids is 2. The Morgan fingerprint density at radius 3 is 2.23 bits per heavy atom. The lowest BCUT2D eigenvalue weighted by Crippen LogP contribution is -2.41. The van der Waals surface area contributed by atoms with Gasteiger partial charge in [-0.2, -0.15) is 13.2 Å². The zero-order valence-corrected chi connectivity index (χ0v) is 18.1. The molecule has 31 heavy (non-hydrogen) atoms. The van der Waals surface area contributed by atoms with Crippen molar-refractivity contribution in [3.8, 4) is 5.75 Å². The minimum Gasteiger partial charge on any atom is -0.426 e. The summed E-state index contributed by atoms with van der Waals surface area (Å²) in [6.45, 7) is 0.909. The van der Waals surface area contributed by atoms with E-state index in [0.29, 0.717) is 47.2 Å². The smallest absolute Gasteiger partial charge is 0.389 e. The highest BCUT2D eigenvalue weighted by Gasteiger charge is 2.29. The number of hydrogen-bond acceptors (Lipinski definition) is 4. The SMILES string of the molecule is O=C(Oc1ccc(SCCC(F)(F)F)cc1)C1CCN(C(=O)c2ccc(Cl)cc2)CC1. The second-order valence-electron chi connectivity index (χ2n) is 7.18. The Kier molecular flexibility index (Phi) is 7.89. The zero-order chi connectivity index (χ0) is 22.4. The molecule has 4 nitrogen and oxygen atoms in total. The van der Waals surface area contributed by atoms with Crippen LogP contribution in [0.1, 0.15) is 29.6 Å². The van der Waals surface area contributed by atoms with Crippen molar-refractivity contribution < 1.29 is 27.5 Å². The van der Waals surface area contributed by atoms with Crippen LogP contribution in [0.4, 0.5) is 13.2 Å². The molecule has 1 saturated heterocycles. The average molecular weight is 472 g/mol. The third-order valence-electron chi connectivity index (χ3n) is 4.90. The first-order chi connectivity index (χ1) is 14.7. The predicted molar refractivity (Wildman–Crippen MR) is 114 cm³/mol. The van der Waals surface area contributed by atoms with Gasteiger partial charge in [-0.1, -0.05) is 11.6 Å². The molecule has 166 valence electrons. The largest absolute Gasteiger partial charge is 0.426 e. The molecule has 0 radical (unpaired) electrons. The summed E-state index contributed by atoms with van der Waals surface area (Å²) in [6, 6.07) is 13.1. The molecule has 0 saturated carbocycles. The first-order valence-electron chi connectivity index (χ1n) is 9.77. The Morgan fingerprint density at radius 2 is 1.65 bits per heavy atom. The molecule has 0 spiro atoms. The van der Waals surface area contributed by atoms with Crippen molar-refractivity contribution in [2.75, 3.05) is 18.8 Å². The van der Waals surface area contributed by atoms with E-state index in [2.05, 4.69) is 0 Å². The molecule has 0 aliphatic carbocycles. The highest BCUT2D eigenvalue weighted by atomic mass is 35.5. The maximum atomic E-state index is 12.5. The van der Waals surface area contributed by atoms with E-state index in [-0.39, 0.29) is 23.5 Å². The van der Waals surface area contributed by atoms with Gasteiger partial charge in [0.15, 0.2) is 0 Å². The van der Waals surface area contributed by atoms with Crippen molar-refractivity contribution in [3.63, 3.8) is 0 Å². The number of ether oxygens (including phenoxy) is 1. The number of alkyl halides is 3. The van der Waals surface area contributed by atoms with Crippen LogP contribution in [-0.4, -0.2) is 41.8 Å². The Hall–Kier alpha value is -2.19. The zero-order valence-electron chi connectivity index (χ0n) is 16.5. The summed E-state index contributed by atoms with van der Waals surface area (Å²) >= 11 is 6.95. The summed E-state index contributed by atoms with van der Waals surface area (Å²) in [7, 11) is 0. The van der Waals surface area contributed by atoms with Gasteiger partial charge in [-0.15, -0.1) is 11.8 Å². The van der Waals surface area contributed by atoms with Gasteiger partial charge in [0.2, 0.25) is 0 Å². The van der Waals surface area contributed by atoms with E-state index in [9.17, 15) is 22.8 Å². The third kappa shape index (κ3) is 7.18. The number of likely N-dealkylation sites (tertiary alicyclic amines) is 1. The normalized spacial score (nSPS) is 15.0. The maximum Gasteiger partial charge on any atom is 0.389 e. The van der Waals surface area contributed by atoms with Crippen molar-refractivity contribution in [3.05, 3.63) is 59.1 Å². The number of benzene rings is 2. The van der Waals surface area contributed by atoms with Crippen molar-refractivity contribution >= 4 is 35.2 Å². The molecule has 1 aliphatic heterocycles. The Bertz CT molecular complexity index is 896. The standard InChI is InChI=1S/C22H21ClF3NO3S/c23-17-3-1-15(2-4-17)20(28)27-12-9-16(10-13-27)21(29)30-18-5-7-19(8-6-18)31-14-11-22(24,25)26/h1-8,16H,9-14H2. The predicted octanol–water partition coefficient (Wildman–Crippen LogP) is 5.84. The van der Waals surface area contributed by atoms with Crippen LogP contribution in [-0.2, 0) is 4.79 Å². The first kappa shape index (κ1) is 23.5. The minimum atomic E-state index is -4.17. The van der Waals surface area contributed by atoms with Gasteiger partial charge in [0.25, 0.3) is 5.91 Å². The molecule has 0 N–H and O–H groups in total. The van der Waals surface area contributed by atoms with Crippen LogP contribution in [0.3, 0.4) is 0 Å². The summed E-state index contributed by atoms with van der Waals surface area (Å²) < 4.78 is 42.1. The van der Waals surface area contributed by atoms with Crippen LogP contribution in [0.15, 0.2) is 53.4 Å². The molecule has 1 aliphatic rings. The number of piperidine rings is 1. The van der Waals surface area contributed by atoms with E-state index in [4.69, 9.17) is 16.3 Å². The number of amides is 1. The van der Waals surface area contributed by atoms with Crippen molar-refractivity contribution in [2.24, 2.45) is 5.92 Å².